The number of allylic oxidation sites excluding steroid dienone is 4. The van der Waals surface area contributed by atoms with E-state index in [0.717, 1.165) is 6.42 Å². The van der Waals surface area contributed by atoms with Crippen molar-refractivity contribution in [2.45, 2.75) is 20.3 Å². The highest BCUT2D eigenvalue weighted by molar-refractivity contribution is 5.30. The minimum absolute atomic E-state index is 1.14. The van der Waals surface area contributed by atoms with Crippen molar-refractivity contribution in [2.24, 2.45) is 0 Å². The van der Waals surface area contributed by atoms with Gasteiger partial charge in [-0.05, 0) is 13.3 Å². The highest BCUT2D eigenvalue weighted by Crippen LogP contribution is 2.20. The van der Waals surface area contributed by atoms with Crippen molar-refractivity contribution < 1.29 is 0 Å². The molecule has 0 heteroatoms. The van der Waals surface area contributed by atoms with Gasteiger partial charge in [0.1, 0.15) is 0 Å². The fourth-order valence-electron chi connectivity index (χ4n) is 0.760. The van der Waals surface area contributed by atoms with Crippen molar-refractivity contribution in [3.05, 3.63) is 29.7 Å². The van der Waals surface area contributed by atoms with Crippen LogP contribution in [-0.4, -0.2) is 0 Å². The molecule has 0 spiro atoms. The maximum Gasteiger partial charge on any atom is 0.00124 e. The minimum Gasteiger partial charge on any atom is -0.0836 e. The van der Waals surface area contributed by atoms with E-state index in [-0.39, 0.29) is 0 Å². The number of hydrogen-bond acceptors (Lipinski definition) is 0. The van der Waals surface area contributed by atoms with Crippen LogP contribution in [0.2, 0.25) is 0 Å². The summed E-state index contributed by atoms with van der Waals surface area (Å²) in [7, 11) is 0. The molecule has 0 atom stereocenters. The van der Waals surface area contributed by atoms with Gasteiger partial charge in [0.15, 0.2) is 0 Å². The van der Waals surface area contributed by atoms with Crippen LogP contribution in [0.1, 0.15) is 20.3 Å². The van der Waals surface area contributed by atoms with E-state index in [1.807, 2.05) is 0 Å². The topological polar surface area (TPSA) is 0 Å². The van der Waals surface area contributed by atoms with Crippen LogP contribution < -0.4 is 0 Å². The summed E-state index contributed by atoms with van der Waals surface area (Å²) in [5.41, 5.74) is 1.42. The molecule has 0 saturated heterocycles. The van der Waals surface area contributed by atoms with Gasteiger partial charge in [-0.3, -0.25) is 0 Å². The molecule has 1 aliphatic rings. The predicted molar refractivity (Wildman–Crippen MR) is 36.4 cm³/mol. The van der Waals surface area contributed by atoms with Gasteiger partial charge in [-0.1, -0.05) is 30.7 Å². The summed E-state index contributed by atoms with van der Waals surface area (Å²) in [6.45, 7) is 4.33. The van der Waals surface area contributed by atoms with Gasteiger partial charge in [-0.25, -0.2) is 0 Å². The summed E-state index contributed by atoms with van der Waals surface area (Å²) < 4.78 is 0. The van der Waals surface area contributed by atoms with Crippen LogP contribution in [0.3, 0.4) is 0 Å². The predicted octanol–water partition coefficient (Wildman–Crippen LogP) is 2.49. The zero-order valence-electron chi connectivity index (χ0n) is 5.44. The lowest BCUT2D eigenvalue weighted by molar-refractivity contribution is 0.991. The Morgan fingerprint density at radius 2 is 2.12 bits per heavy atom. The molecule has 0 aromatic heterocycles. The summed E-state index contributed by atoms with van der Waals surface area (Å²) in [5, 5.41) is 0. The fourth-order valence-corrected chi connectivity index (χ4v) is 0.760. The normalized spacial score (nSPS) is 21.0. The molecule has 0 heterocycles. The minimum atomic E-state index is 1.14. The molecule has 0 aromatic carbocycles. The van der Waals surface area contributed by atoms with E-state index in [4.69, 9.17) is 0 Å². The molecule has 1 radical (unpaired) electrons. The van der Waals surface area contributed by atoms with Crippen molar-refractivity contribution in [1.29, 1.82) is 0 Å². The van der Waals surface area contributed by atoms with Gasteiger partial charge in [0.2, 0.25) is 0 Å². The Bertz CT molecular complexity index is 129. The molecule has 0 nitrogen and oxygen atoms in total. The van der Waals surface area contributed by atoms with Crippen LogP contribution in [0.25, 0.3) is 0 Å². The average Bonchev–Trinajstić information content (AvgIpc) is 1.77. The summed E-state index contributed by atoms with van der Waals surface area (Å²) in [4.78, 5) is 0. The molecule has 8 heavy (non-hydrogen) atoms. The van der Waals surface area contributed by atoms with Crippen LogP contribution in [0.5, 0.6) is 0 Å². The molecular weight excluding hydrogens is 96.1 g/mol. The highest BCUT2D eigenvalue weighted by Gasteiger charge is 2.03. The van der Waals surface area contributed by atoms with E-state index in [2.05, 4.69) is 32.1 Å². The lowest BCUT2D eigenvalue weighted by atomic mass is 9.95. The maximum atomic E-state index is 2.18. The van der Waals surface area contributed by atoms with Crippen molar-refractivity contribution >= 4 is 0 Å². The molecule has 0 N–H and O–H groups in total. The summed E-state index contributed by atoms with van der Waals surface area (Å²) in [6.07, 6.45) is 7.59. The van der Waals surface area contributed by atoms with Gasteiger partial charge in [-0.15, -0.1) is 0 Å². The Balaban J connectivity index is 2.66. The average molecular weight is 107 g/mol. The van der Waals surface area contributed by atoms with Gasteiger partial charge in [0, 0.05) is 5.92 Å². The van der Waals surface area contributed by atoms with E-state index < -0.39 is 0 Å². The van der Waals surface area contributed by atoms with Crippen LogP contribution >= 0.6 is 0 Å². The Labute approximate surface area is 50.9 Å². The molecule has 1 rings (SSSR count). The third kappa shape index (κ3) is 1.00. The Morgan fingerprint density at radius 1 is 1.38 bits per heavy atom. The van der Waals surface area contributed by atoms with Crippen molar-refractivity contribution in [1.82, 2.24) is 0 Å². The first-order chi connectivity index (χ1) is 3.80. The van der Waals surface area contributed by atoms with Gasteiger partial charge in [0.05, 0.1) is 0 Å². The van der Waals surface area contributed by atoms with Gasteiger partial charge < -0.3 is 0 Å². The SMILES string of the molecule is C[C]1CC=CC=C1C. The van der Waals surface area contributed by atoms with Gasteiger partial charge in [0.25, 0.3) is 0 Å². The Morgan fingerprint density at radius 3 is 2.50 bits per heavy atom. The molecule has 43 valence electrons. The fraction of sp³-hybridized carbons (Fsp3) is 0.375. The number of hydrogen-bond donors (Lipinski definition) is 0. The lowest BCUT2D eigenvalue weighted by Gasteiger charge is -2.10. The standard InChI is InChI=1S/C8H11/c1-7-5-3-4-6-8(7)2/h3-5H,6H2,1-2H3. The van der Waals surface area contributed by atoms with Gasteiger partial charge >= 0.3 is 0 Å². The number of rotatable bonds is 0. The molecule has 0 fully saturated rings. The molecule has 0 aliphatic heterocycles. The Hall–Kier alpha value is -0.520. The zero-order valence-corrected chi connectivity index (χ0v) is 5.44. The second-order valence-corrected chi connectivity index (χ2v) is 2.26. The maximum absolute atomic E-state index is 2.18. The van der Waals surface area contributed by atoms with Crippen LogP contribution in [0.4, 0.5) is 0 Å². The van der Waals surface area contributed by atoms with Crippen LogP contribution in [0.15, 0.2) is 23.8 Å². The summed E-state index contributed by atoms with van der Waals surface area (Å²) in [6, 6.07) is 0. The third-order valence-corrected chi connectivity index (χ3v) is 1.58. The smallest absolute Gasteiger partial charge is 0.00124 e. The largest absolute Gasteiger partial charge is 0.0836 e. The molecule has 0 amide bonds. The van der Waals surface area contributed by atoms with Crippen molar-refractivity contribution in [2.75, 3.05) is 0 Å². The summed E-state index contributed by atoms with van der Waals surface area (Å²) in [5.74, 6) is 1.49. The van der Waals surface area contributed by atoms with Crippen LogP contribution in [-0.2, 0) is 0 Å². The van der Waals surface area contributed by atoms with Gasteiger partial charge in [-0.2, -0.15) is 0 Å². The van der Waals surface area contributed by atoms with Crippen LogP contribution in [0, 0.1) is 5.92 Å². The second kappa shape index (κ2) is 2.17. The highest BCUT2D eigenvalue weighted by atomic mass is 14.1. The van der Waals surface area contributed by atoms with E-state index in [1.165, 1.54) is 11.5 Å². The Kier molecular flexibility index (Phi) is 1.52. The zero-order chi connectivity index (χ0) is 5.98. The second-order valence-electron chi connectivity index (χ2n) is 2.26. The molecule has 0 aromatic rings. The first kappa shape index (κ1) is 5.61. The monoisotopic (exact) mass is 107 g/mol. The molecule has 0 unspecified atom stereocenters. The third-order valence-electron chi connectivity index (χ3n) is 1.58. The summed E-state index contributed by atoms with van der Waals surface area (Å²) >= 11 is 0. The molecule has 0 saturated carbocycles. The van der Waals surface area contributed by atoms with E-state index in [0.29, 0.717) is 0 Å². The molecule has 0 bridgehead atoms. The lowest BCUT2D eigenvalue weighted by Crippen LogP contribution is -1.93. The van der Waals surface area contributed by atoms with Crippen molar-refractivity contribution in [3.8, 4) is 0 Å². The van der Waals surface area contributed by atoms with Crippen molar-refractivity contribution in [3.63, 3.8) is 0 Å². The first-order valence-electron chi connectivity index (χ1n) is 2.97. The van der Waals surface area contributed by atoms with E-state index in [1.54, 1.807) is 0 Å². The van der Waals surface area contributed by atoms with E-state index >= 15 is 0 Å². The molecular formula is C8H11. The first-order valence-corrected chi connectivity index (χ1v) is 2.97. The molecule has 1 aliphatic carbocycles. The van der Waals surface area contributed by atoms with E-state index in [9.17, 15) is 0 Å². The quantitative estimate of drug-likeness (QED) is 0.446.